The maximum Gasteiger partial charge on any atom is 0.249 e. The van der Waals surface area contributed by atoms with Crippen LogP contribution in [-0.4, -0.2) is 64.7 Å². The molecule has 39 heavy (non-hydrogen) atoms. The van der Waals surface area contributed by atoms with Crippen LogP contribution in [0.4, 0.5) is 15.8 Å². The zero-order valence-corrected chi connectivity index (χ0v) is 22.6. The van der Waals surface area contributed by atoms with Crippen LogP contribution in [0.15, 0.2) is 71.6 Å². The molecule has 2 amide bonds. The fourth-order valence-corrected chi connectivity index (χ4v) is 5.52. The van der Waals surface area contributed by atoms with Gasteiger partial charge in [0.25, 0.3) is 0 Å². The van der Waals surface area contributed by atoms with Crippen LogP contribution in [0.2, 0.25) is 0 Å². The summed E-state index contributed by atoms with van der Waals surface area (Å²) in [6, 6.07) is 16.9. The average Bonchev–Trinajstić information content (AvgIpc) is 2.91. The number of nitrogens with two attached hydrogens (primary N) is 1. The lowest BCUT2D eigenvalue weighted by Crippen LogP contribution is -2.52. The number of amides is 2. The summed E-state index contributed by atoms with van der Waals surface area (Å²) in [7, 11) is -2.14. The summed E-state index contributed by atoms with van der Waals surface area (Å²) < 4.78 is 43.4. The number of hydrogen-bond acceptors (Lipinski definition) is 7. The molecule has 3 N–H and O–H groups in total. The molecule has 1 atom stereocenters. The smallest absolute Gasteiger partial charge is 0.249 e. The quantitative estimate of drug-likeness (QED) is 0.411. The molecule has 1 aliphatic heterocycles. The normalized spacial score (nSPS) is 14.5. The molecule has 0 radical (unpaired) electrons. The summed E-state index contributed by atoms with van der Waals surface area (Å²) in [5.74, 6) is -0.734. The number of halogens is 1. The number of methoxy groups -OCH3 is 1. The molecule has 4 rings (SSSR count). The second kappa shape index (κ2) is 11.7. The number of hydrogen-bond donors (Lipinski definition) is 2. The maximum absolute atomic E-state index is 13.8. The van der Waals surface area contributed by atoms with Crippen molar-refractivity contribution in [2.75, 3.05) is 50.2 Å². The third kappa shape index (κ3) is 6.66. The van der Waals surface area contributed by atoms with Gasteiger partial charge in [0.1, 0.15) is 17.6 Å². The number of carbonyl (C=O) groups excluding carboxylic acids is 2. The Hall–Kier alpha value is -4.12. The second-order valence-electron chi connectivity index (χ2n) is 9.36. The number of anilines is 2. The van der Waals surface area contributed by atoms with E-state index < -0.39 is 21.7 Å². The third-order valence-electron chi connectivity index (χ3n) is 6.60. The Morgan fingerprint density at radius 3 is 2.33 bits per heavy atom. The number of sulfone groups is 1. The van der Waals surface area contributed by atoms with Crippen molar-refractivity contribution in [2.24, 2.45) is 0 Å². The molecule has 0 saturated carbocycles. The number of piperazine rings is 1. The molecular weight excluding hydrogens is 523 g/mol. The number of carbonyl (C=O) groups is 2. The minimum atomic E-state index is -3.66. The van der Waals surface area contributed by atoms with Crippen molar-refractivity contribution in [3.05, 3.63) is 83.7 Å². The number of nitrogen functional groups attached to an aromatic ring is 1. The number of benzene rings is 3. The van der Waals surface area contributed by atoms with Gasteiger partial charge in [-0.05, 0) is 41.5 Å². The van der Waals surface area contributed by atoms with Crippen LogP contribution in [0.5, 0.6) is 5.75 Å². The standard InChI is InChI=1S/C28H31FN4O5S/c1-38-24-11-8-19(16-22(24)30)17-26(34)31-27(20-6-4-3-5-7-20)28(35)33-14-12-32(13-15-33)23-10-9-21(29)18-25(23)39(2,36)37/h3-11,16,18,27H,12-15,17,30H2,1-2H3,(H,31,34). The molecule has 1 unspecified atom stereocenters. The summed E-state index contributed by atoms with van der Waals surface area (Å²) in [5, 5.41) is 2.87. The van der Waals surface area contributed by atoms with Crippen LogP contribution < -0.4 is 20.7 Å². The minimum absolute atomic E-state index is 0.0252. The first-order valence-corrected chi connectivity index (χ1v) is 14.3. The van der Waals surface area contributed by atoms with E-state index in [9.17, 15) is 22.4 Å². The Labute approximate surface area is 227 Å². The lowest BCUT2D eigenvalue weighted by molar-refractivity contribution is -0.136. The van der Waals surface area contributed by atoms with Gasteiger partial charge in [0, 0.05) is 32.4 Å². The molecule has 0 aliphatic carbocycles. The summed E-state index contributed by atoms with van der Waals surface area (Å²) in [4.78, 5) is 30.0. The average molecular weight is 555 g/mol. The van der Waals surface area contributed by atoms with Gasteiger partial charge in [-0.15, -0.1) is 0 Å². The highest BCUT2D eigenvalue weighted by Gasteiger charge is 2.31. The van der Waals surface area contributed by atoms with E-state index in [1.54, 1.807) is 47.4 Å². The fourth-order valence-electron chi connectivity index (χ4n) is 4.62. The van der Waals surface area contributed by atoms with E-state index in [1.165, 1.54) is 19.2 Å². The lowest BCUT2D eigenvalue weighted by atomic mass is 10.0. The summed E-state index contributed by atoms with van der Waals surface area (Å²) in [6.45, 7) is 1.29. The highest BCUT2D eigenvalue weighted by molar-refractivity contribution is 7.90. The molecule has 0 spiro atoms. The maximum atomic E-state index is 13.8. The molecule has 1 heterocycles. The molecule has 206 valence electrons. The first kappa shape index (κ1) is 27.9. The second-order valence-corrected chi connectivity index (χ2v) is 11.3. The number of nitrogens with zero attached hydrogens (tertiary/aromatic N) is 2. The predicted octanol–water partition coefficient (Wildman–Crippen LogP) is 2.57. The highest BCUT2D eigenvalue weighted by Crippen LogP contribution is 2.28. The monoisotopic (exact) mass is 554 g/mol. The van der Waals surface area contributed by atoms with Crippen LogP contribution >= 0.6 is 0 Å². The van der Waals surface area contributed by atoms with E-state index in [2.05, 4.69) is 5.32 Å². The Morgan fingerprint density at radius 2 is 1.72 bits per heavy atom. The SMILES string of the molecule is COc1ccc(CC(=O)NC(C(=O)N2CCN(c3ccc(F)cc3S(C)(=O)=O)CC2)c2ccccc2)cc1N. The molecule has 1 fully saturated rings. The molecule has 0 bridgehead atoms. The van der Waals surface area contributed by atoms with Gasteiger partial charge in [-0.25, -0.2) is 12.8 Å². The number of rotatable bonds is 8. The minimum Gasteiger partial charge on any atom is -0.495 e. The van der Waals surface area contributed by atoms with Crippen molar-refractivity contribution in [1.29, 1.82) is 0 Å². The Balaban J connectivity index is 1.48. The fraction of sp³-hybridized carbons (Fsp3) is 0.286. The van der Waals surface area contributed by atoms with E-state index >= 15 is 0 Å². The van der Waals surface area contributed by atoms with Gasteiger partial charge in [0.05, 0.1) is 29.8 Å². The molecule has 9 nitrogen and oxygen atoms in total. The van der Waals surface area contributed by atoms with Gasteiger partial charge in [0.15, 0.2) is 9.84 Å². The molecule has 3 aromatic rings. The van der Waals surface area contributed by atoms with Crippen molar-refractivity contribution < 1.29 is 27.1 Å². The Bertz CT molecular complexity index is 1460. The van der Waals surface area contributed by atoms with Crippen molar-refractivity contribution >= 4 is 33.0 Å². The third-order valence-corrected chi connectivity index (χ3v) is 7.72. The van der Waals surface area contributed by atoms with E-state index in [4.69, 9.17) is 10.5 Å². The molecule has 1 aliphatic rings. The first-order chi connectivity index (χ1) is 18.6. The highest BCUT2D eigenvalue weighted by atomic mass is 32.2. The number of ether oxygens (including phenoxy) is 1. The van der Waals surface area contributed by atoms with E-state index in [-0.39, 0.29) is 23.1 Å². The number of nitrogens with one attached hydrogen (secondary N) is 1. The van der Waals surface area contributed by atoms with Gasteiger partial charge in [0.2, 0.25) is 11.8 Å². The molecule has 3 aromatic carbocycles. The van der Waals surface area contributed by atoms with Gasteiger partial charge in [-0.1, -0.05) is 36.4 Å². The predicted molar refractivity (Wildman–Crippen MR) is 147 cm³/mol. The molecule has 1 saturated heterocycles. The Morgan fingerprint density at radius 1 is 1.03 bits per heavy atom. The topological polar surface area (TPSA) is 122 Å². The molecule has 0 aromatic heterocycles. The zero-order chi connectivity index (χ0) is 28.2. The summed E-state index contributed by atoms with van der Waals surface area (Å²) >= 11 is 0. The van der Waals surface area contributed by atoms with Crippen molar-refractivity contribution in [1.82, 2.24) is 10.2 Å². The van der Waals surface area contributed by atoms with Crippen LogP contribution in [0.3, 0.4) is 0 Å². The molecule has 11 heteroatoms. The Kier molecular flexibility index (Phi) is 8.39. The van der Waals surface area contributed by atoms with Gasteiger partial charge in [-0.3, -0.25) is 9.59 Å². The summed E-state index contributed by atoms with van der Waals surface area (Å²) in [6.07, 6.45) is 1.07. The van der Waals surface area contributed by atoms with Gasteiger partial charge < -0.3 is 25.6 Å². The van der Waals surface area contributed by atoms with E-state index in [0.717, 1.165) is 12.3 Å². The first-order valence-electron chi connectivity index (χ1n) is 12.4. The largest absolute Gasteiger partial charge is 0.495 e. The van der Waals surface area contributed by atoms with E-state index in [0.29, 0.717) is 54.4 Å². The zero-order valence-electron chi connectivity index (χ0n) is 21.8. The van der Waals surface area contributed by atoms with E-state index in [1.807, 2.05) is 11.0 Å². The molecular formula is C28H31FN4O5S. The lowest BCUT2D eigenvalue weighted by Gasteiger charge is -2.38. The van der Waals surface area contributed by atoms with Crippen LogP contribution in [0, 0.1) is 5.82 Å². The van der Waals surface area contributed by atoms with Crippen LogP contribution in [0.25, 0.3) is 0 Å². The van der Waals surface area contributed by atoms with Crippen molar-refractivity contribution in [3.63, 3.8) is 0 Å². The van der Waals surface area contributed by atoms with Crippen molar-refractivity contribution in [2.45, 2.75) is 17.4 Å². The van der Waals surface area contributed by atoms with Crippen LogP contribution in [0.1, 0.15) is 17.2 Å². The van der Waals surface area contributed by atoms with Gasteiger partial charge >= 0.3 is 0 Å². The van der Waals surface area contributed by atoms with Gasteiger partial charge in [-0.2, -0.15) is 0 Å². The van der Waals surface area contributed by atoms with Crippen molar-refractivity contribution in [3.8, 4) is 5.75 Å². The summed E-state index contributed by atoms with van der Waals surface area (Å²) in [5.41, 5.74) is 8.10. The van der Waals surface area contributed by atoms with Crippen LogP contribution in [-0.2, 0) is 25.8 Å².